The maximum Gasteiger partial charge on any atom is 0.346 e. The van der Waals surface area contributed by atoms with Crippen molar-refractivity contribution in [2.24, 2.45) is 0 Å². The second-order valence-corrected chi connectivity index (χ2v) is 8.03. The molecule has 0 aliphatic heterocycles. The Morgan fingerprint density at radius 1 is 1.23 bits per heavy atom. The average molecular weight is 422 g/mol. The van der Waals surface area contributed by atoms with Crippen LogP contribution in [0.3, 0.4) is 0 Å². The average Bonchev–Trinajstić information content (AvgIpc) is 3.57. The van der Waals surface area contributed by atoms with Gasteiger partial charge >= 0.3 is 5.69 Å². The van der Waals surface area contributed by atoms with E-state index in [4.69, 9.17) is 4.74 Å². The molecule has 1 aromatic carbocycles. The number of hydrogen-bond donors (Lipinski definition) is 1. The SMILES string of the molecule is CC(C)c1ccc(OCC(=O)NCCn2nc(-c3cccnc3)n(C3CC3)c2=O)cc1. The molecule has 162 valence electrons. The molecule has 0 bridgehead atoms. The Hall–Kier alpha value is -3.42. The van der Waals surface area contributed by atoms with Crippen LogP contribution in [0.4, 0.5) is 0 Å². The molecule has 1 aliphatic rings. The van der Waals surface area contributed by atoms with Crippen molar-refractivity contribution in [3.8, 4) is 17.1 Å². The molecule has 3 aromatic rings. The Labute approximate surface area is 180 Å². The molecule has 0 saturated heterocycles. The van der Waals surface area contributed by atoms with E-state index < -0.39 is 0 Å². The van der Waals surface area contributed by atoms with Crippen LogP contribution in [0.25, 0.3) is 11.4 Å². The standard InChI is InChI=1S/C23H27N5O3/c1-16(2)17-5-9-20(10-6-17)31-15-21(29)25-12-13-27-23(30)28(19-7-8-19)22(26-27)18-4-3-11-24-14-18/h3-6,9-11,14,16,19H,7-8,12-13,15H2,1-2H3,(H,25,29). The van der Waals surface area contributed by atoms with E-state index in [-0.39, 0.29) is 24.2 Å². The van der Waals surface area contributed by atoms with E-state index in [1.54, 1.807) is 17.0 Å². The number of aromatic nitrogens is 4. The van der Waals surface area contributed by atoms with Crippen molar-refractivity contribution in [2.75, 3.05) is 13.2 Å². The van der Waals surface area contributed by atoms with Gasteiger partial charge in [-0.1, -0.05) is 26.0 Å². The first kappa shape index (κ1) is 20.8. The molecule has 0 radical (unpaired) electrons. The minimum absolute atomic E-state index is 0.0760. The van der Waals surface area contributed by atoms with Crippen molar-refractivity contribution < 1.29 is 9.53 Å². The highest BCUT2D eigenvalue weighted by molar-refractivity contribution is 5.77. The van der Waals surface area contributed by atoms with Crippen LogP contribution >= 0.6 is 0 Å². The van der Waals surface area contributed by atoms with Gasteiger partial charge in [-0.2, -0.15) is 0 Å². The van der Waals surface area contributed by atoms with Crippen molar-refractivity contribution in [3.63, 3.8) is 0 Å². The minimum atomic E-state index is -0.241. The molecule has 2 aromatic heterocycles. The quantitative estimate of drug-likeness (QED) is 0.574. The zero-order valence-electron chi connectivity index (χ0n) is 17.8. The summed E-state index contributed by atoms with van der Waals surface area (Å²) >= 11 is 0. The van der Waals surface area contributed by atoms with Gasteiger partial charge in [0.05, 0.1) is 6.54 Å². The van der Waals surface area contributed by atoms with Crippen LogP contribution in [0, 0.1) is 0 Å². The minimum Gasteiger partial charge on any atom is -0.484 e. The molecule has 8 nitrogen and oxygen atoms in total. The number of ether oxygens (including phenoxy) is 1. The van der Waals surface area contributed by atoms with Crippen molar-refractivity contribution in [1.82, 2.24) is 24.6 Å². The number of pyridine rings is 1. The van der Waals surface area contributed by atoms with Crippen LogP contribution in [0.15, 0.2) is 53.6 Å². The number of amides is 1. The summed E-state index contributed by atoms with van der Waals surface area (Å²) in [7, 11) is 0. The van der Waals surface area contributed by atoms with Gasteiger partial charge in [0.1, 0.15) is 5.75 Å². The fourth-order valence-electron chi connectivity index (χ4n) is 3.37. The van der Waals surface area contributed by atoms with Crippen molar-refractivity contribution in [2.45, 2.75) is 45.2 Å². The van der Waals surface area contributed by atoms with E-state index >= 15 is 0 Å². The maximum absolute atomic E-state index is 12.8. The topological polar surface area (TPSA) is 91.0 Å². The Balaban J connectivity index is 1.32. The summed E-state index contributed by atoms with van der Waals surface area (Å²) in [5.41, 5.74) is 1.88. The Kier molecular flexibility index (Phi) is 6.16. The van der Waals surface area contributed by atoms with Gasteiger partial charge in [-0.15, -0.1) is 5.10 Å². The normalized spacial score (nSPS) is 13.4. The first-order valence-electron chi connectivity index (χ1n) is 10.6. The molecule has 31 heavy (non-hydrogen) atoms. The molecule has 0 atom stereocenters. The van der Waals surface area contributed by atoms with Crippen LogP contribution in [0.2, 0.25) is 0 Å². The number of benzene rings is 1. The summed E-state index contributed by atoms with van der Waals surface area (Å²) in [5, 5.41) is 7.28. The molecule has 4 rings (SSSR count). The van der Waals surface area contributed by atoms with Gasteiger partial charge in [0.15, 0.2) is 12.4 Å². The molecule has 0 spiro atoms. The zero-order valence-corrected chi connectivity index (χ0v) is 17.8. The first-order valence-corrected chi connectivity index (χ1v) is 10.6. The Bertz CT molecular complexity index is 1080. The lowest BCUT2D eigenvalue weighted by Gasteiger charge is -2.09. The molecule has 1 N–H and O–H groups in total. The highest BCUT2D eigenvalue weighted by Crippen LogP contribution is 2.36. The van der Waals surface area contributed by atoms with Crippen LogP contribution in [0.5, 0.6) is 5.75 Å². The summed E-state index contributed by atoms with van der Waals surface area (Å²) in [4.78, 5) is 29.1. The highest BCUT2D eigenvalue weighted by Gasteiger charge is 2.30. The number of hydrogen-bond acceptors (Lipinski definition) is 5. The third kappa shape index (κ3) is 5.02. The Morgan fingerprint density at radius 2 is 2.00 bits per heavy atom. The van der Waals surface area contributed by atoms with E-state index in [2.05, 4.69) is 29.2 Å². The summed E-state index contributed by atoms with van der Waals surface area (Å²) < 4.78 is 8.69. The molecule has 1 fully saturated rings. The summed E-state index contributed by atoms with van der Waals surface area (Å²) in [5.74, 6) is 1.48. The molecule has 2 heterocycles. The molecule has 0 unspecified atom stereocenters. The molecule has 1 aliphatic carbocycles. The van der Waals surface area contributed by atoms with E-state index in [1.807, 2.05) is 36.4 Å². The van der Waals surface area contributed by atoms with Crippen LogP contribution < -0.4 is 15.7 Å². The maximum atomic E-state index is 12.8. The fourth-order valence-corrected chi connectivity index (χ4v) is 3.37. The number of rotatable bonds is 9. The smallest absolute Gasteiger partial charge is 0.346 e. The van der Waals surface area contributed by atoms with Gasteiger partial charge in [-0.25, -0.2) is 9.48 Å². The molecular formula is C23H27N5O3. The number of carbonyl (C=O) groups excluding carboxylic acids is 1. The van der Waals surface area contributed by atoms with Gasteiger partial charge in [-0.3, -0.25) is 14.3 Å². The predicted octanol–water partition coefficient (Wildman–Crippen LogP) is 2.76. The van der Waals surface area contributed by atoms with Gasteiger partial charge < -0.3 is 10.1 Å². The summed E-state index contributed by atoms with van der Waals surface area (Å²) in [6.45, 7) is 4.76. The molecule has 1 saturated carbocycles. The molecule has 8 heteroatoms. The van der Waals surface area contributed by atoms with E-state index in [1.165, 1.54) is 10.2 Å². The fraction of sp³-hybridized carbons (Fsp3) is 0.391. The summed E-state index contributed by atoms with van der Waals surface area (Å²) in [6, 6.07) is 11.7. The Morgan fingerprint density at radius 3 is 2.65 bits per heavy atom. The van der Waals surface area contributed by atoms with Crippen molar-refractivity contribution in [1.29, 1.82) is 0 Å². The lowest BCUT2D eigenvalue weighted by Crippen LogP contribution is -2.34. The van der Waals surface area contributed by atoms with E-state index in [9.17, 15) is 9.59 Å². The lowest BCUT2D eigenvalue weighted by molar-refractivity contribution is -0.123. The number of nitrogens with zero attached hydrogens (tertiary/aromatic N) is 4. The van der Waals surface area contributed by atoms with Gasteiger partial charge in [-0.05, 0) is 48.6 Å². The predicted molar refractivity (Wildman–Crippen MR) is 117 cm³/mol. The molecule has 1 amide bonds. The largest absolute Gasteiger partial charge is 0.484 e. The monoisotopic (exact) mass is 421 g/mol. The second kappa shape index (κ2) is 9.16. The van der Waals surface area contributed by atoms with Gasteiger partial charge in [0, 0.05) is 30.5 Å². The summed E-state index contributed by atoms with van der Waals surface area (Å²) in [6.07, 6.45) is 5.35. The first-order chi connectivity index (χ1) is 15.0. The third-order valence-electron chi connectivity index (χ3n) is 5.26. The van der Waals surface area contributed by atoms with E-state index in [0.717, 1.165) is 18.4 Å². The van der Waals surface area contributed by atoms with Crippen molar-refractivity contribution >= 4 is 5.91 Å². The van der Waals surface area contributed by atoms with Crippen LogP contribution in [-0.4, -0.2) is 38.4 Å². The van der Waals surface area contributed by atoms with Crippen LogP contribution in [0.1, 0.15) is 44.2 Å². The highest BCUT2D eigenvalue weighted by atomic mass is 16.5. The van der Waals surface area contributed by atoms with Crippen LogP contribution in [-0.2, 0) is 11.3 Å². The number of nitrogens with one attached hydrogen (secondary N) is 1. The number of carbonyl (C=O) groups is 1. The van der Waals surface area contributed by atoms with E-state index in [0.29, 0.717) is 30.6 Å². The second-order valence-electron chi connectivity index (χ2n) is 8.03. The molecular weight excluding hydrogens is 394 g/mol. The lowest BCUT2D eigenvalue weighted by atomic mass is 10.0. The third-order valence-corrected chi connectivity index (χ3v) is 5.26. The zero-order chi connectivity index (χ0) is 21.8. The van der Waals surface area contributed by atoms with Gasteiger partial charge in [0.25, 0.3) is 5.91 Å². The van der Waals surface area contributed by atoms with Crippen molar-refractivity contribution in [3.05, 3.63) is 64.8 Å². The van der Waals surface area contributed by atoms with Gasteiger partial charge in [0.2, 0.25) is 0 Å².